The molecule has 0 saturated carbocycles. The molecule has 0 aromatic heterocycles. The number of carbonyl (C=O) groups excluding carboxylic acids is 5. The maximum atomic E-state index is 12.3. The van der Waals surface area contributed by atoms with E-state index in [-0.39, 0.29) is 165 Å². The SMILES string of the molecule is CCC1OC(CC)C2C3OC(CC3C(C)(O)CC(=O)OC)C12.CCC1OC(CC)C2C3OC(CC3C(O)CC(=O)OC)C12.CCC1OC(CC)C2C3OC(CC3CC(=O)OC3CCCCO3)C12.CCC1OC(CC)C2C3OC(CC3CC(O)CC(=O)OC)C12.CCC1OC(CC)C2C3OC(CC3CCC(=O)OC(C)(C)C)C12. The number of aliphatic hydroxyl groups is 3. The number of ether oxygens (including phenoxy) is 16. The van der Waals surface area contributed by atoms with Crippen LogP contribution in [0.15, 0.2) is 0 Å². The minimum atomic E-state index is -1.08. The Morgan fingerprint density at radius 2 is 0.786 bits per heavy atom. The predicted octanol–water partition coefficient (Wildman–Crippen LogP) is 12.1. The van der Waals surface area contributed by atoms with E-state index in [0.717, 1.165) is 122 Å². The first kappa shape index (κ1) is 88.1. The van der Waals surface area contributed by atoms with Gasteiger partial charge in [0.15, 0.2) is 0 Å². The summed E-state index contributed by atoms with van der Waals surface area (Å²) in [7, 11) is 4.06. The summed E-state index contributed by atoms with van der Waals surface area (Å²) in [6, 6.07) is 0. The molecule has 16 rings (SSSR count). The third-order valence-corrected chi connectivity index (χ3v) is 29.6. The third-order valence-electron chi connectivity index (χ3n) is 29.6. The Morgan fingerprint density at radius 1 is 0.411 bits per heavy atom. The number of carbonyl (C=O) groups is 5. The van der Waals surface area contributed by atoms with Crippen molar-refractivity contribution >= 4 is 29.8 Å². The Labute approximate surface area is 667 Å². The van der Waals surface area contributed by atoms with Crippen molar-refractivity contribution in [3.8, 4) is 0 Å². The van der Waals surface area contributed by atoms with Crippen LogP contribution in [0.5, 0.6) is 0 Å². The van der Waals surface area contributed by atoms with Crippen LogP contribution in [-0.4, -0.2) is 225 Å². The zero-order valence-corrected chi connectivity index (χ0v) is 70.7. The Hall–Kier alpha value is -3.21. The van der Waals surface area contributed by atoms with Gasteiger partial charge in [-0.05, 0) is 167 Å². The molecule has 0 spiro atoms. The second-order valence-electron chi connectivity index (χ2n) is 37.1. The van der Waals surface area contributed by atoms with Gasteiger partial charge in [-0.1, -0.05) is 69.2 Å². The summed E-state index contributed by atoms with van der Waals surface area (Å²) in [5.41, 5.74) is -1.48. The summed E-state index contributed by atoms with van der Waals surface area (Å²) in [5, 5.41) is 31.3. The molecule has 24 nitrogen and oxygen atoms in total. The molecule has 0 radical (unpaired) electrons. The van der Waals surface area contributed by atoms with Crippen LogP contribution in [0.3, 0.4) is 0 Å². The van der Waals surface area contributed by atoms with Gasteiger partial charge in [-0.25, -0.2) is 0 Å². The number of methoxy groups -OCH3 is 3. The number of hydrogen-bond acceptors (Lipinski definition) is 24. The van der Waals surface area contributed by atoms with Gasteiger partial charge in [0.05, 0.1) is 194 Å². The zero-order valence-electron chi connectivity index (χ0n) is 70.7. The normalized spacial score (nSPS) is 44.9. The highest BCUT2D eigenvalue weighted by molar-refractivity contribution is 5.71. The van der Waals surface area contributed by atoms with Gasteiger partial charge in [-0.15, -0.1) is 0 Å². The summed E-state index contributed by atoms with van der Waals surface area (Å²) < 4.78 is 92.9. The van der Waals surface area contributed by atoms with Gasteiger partial charge in [-0.3, -0.25) is 24.0 Å². The predicted molar refractivity (Wildman–Crippen MR) is 411 cm³/mol. The Balaban J connectivity index is 0.000000130. The van der Waals surface area contributed by atoms with Crippen molar-refractivity contribution < 1.29 is 115 Å². The molecule has 640 valence electrons. The van der Waals surface area contributed by atoms with E-state index in [0.29, 0.717) is 127 Å². The molecule has 0 aromatic carbocycles. The first-order valence-electron chi connectivity index (χ1n) is 44.5. The molecule has 24 heteroatoms. The molecule has 16 heterocycles. The van der Waals surface area contributed by atoms with E-state index in [2.05, 4.69) is 78.7 Å². The average molecular weight is 1590 g/mol. The van der Waals surface area contributed by atoms with E-state index < -0.39 is 23.4 Å². The van der Waals surface area contributed by atoms with Gasteiger partial charge in [0.25, 0.3) is 0 Å². The first-order chi connectivity index (χ1) is 53.6. The number of rotatable bonds is 26. The standard InChI is InChI=1S/C19H30O5.C19H32O4.2C17H28O5.C16H26O5/c1-3-12-17-14-9-11(19(23-14)18(17)13(4-2)22-12)10-15(20)24-16-7-5-6-8-21-16;1-6-12-16-14-10-11(8-9-15(20)23-19(3,4)5)18(22-14)17(16)13(7-2)21-12;1-5-10-14-12-7-9(17(3,19)8-13(18)20-4)16(22-12)15(14)11(6-2)21-10;1-4-11-15-13-7-9(6-10(18)8-14(19)20-3)17(22-13)16(15)12(5-2)21-11;1-4-10-14-12-6-8(9(17)7-13(18)19-3)16(21-12)15(14)11(5-2)20-10/h11-14,16-19H,3-10H2,1-2H3;11-14,16-18H,6-10H2,1-5H3;9-12,14-16,19H,5-8H2,1-4H3;9-13,15-18H,4-8H2,1-3H3;8-12,14-17H,4-7H2,1-3H3. The van der Waals surface area contributed by atoms with Crippen LogP contribution in [-0.2, 0) is 99.8 Å². The molecule has 16 saturated heterocycles. The fraction of sp³-hybridized carbons (Fsp3) is 0.943. The van der Waals surface area contributed by atoms with Gasteiger partial charge in [-0.2, -0.15) is 0 Å². The van der Waals surface area contributed by atoms with Crippen LogP contribution in [0.1, 0.15) is 257 Å². The largest absolute Gasteiger partial charge is 0.469 e. The van der Waals surface area contributed by atoms with Crippen molar-refractivity contribution in [1.29, 1.82) is 0 Å². The van der Waals surface area contributed by atoms with Crippen LogP contribution in [0.2, 0.25) is 0 Å². The summed E-state index contributed by atoms with van der Waals surface area (Å²) in [6.45, 7) is 30.0. The Morgan fingerprint density at radius 3 is 1.22 bits per heavy atom. The first-order valence-corrected chi connectivity index (χ1v) is 44.5. The molecule has 3 N–H and O–H groups in total. The van der Waals surface area contributed by atoms with Crippen LogP contribution in [0.25, 0.3) is 0 Å². The van der Waals surface area contributed by atoms with Crippen molar-refractivity contribution in [2.24, 2.45) is 88.8 Å². The van der Waals surface area contributed by atoms with Crippen LogP contribution in [0.4, 0.5) is 0 Å². The molecule has 0 aliphatic carbocycles. The van der Waals surface area contributed by atoms with E-state index in [1.54, 1.807) is 6.92 Å². The lowest BCUT2D eigenvalue weighted by Gasteiger charge is -2.38. The second-order valence-corrected chi connectivity index (χ2v) is 37.1. The van der Waals surface area contributed by atoms with Gasteiger partial charge < -0.3 is 91.1 Å². The molecule has 0 aromatic rings. The van der Waals surface area contributed by atoms with E-state index in [4.69, 9.17) is 66.3 Å². The minimum absolute atomic E-state index is 0.00356. The molecule has 112 heavy (non-hydrogen) atoms. The zero-order chi connectivity index (χ0) is 80.5. The lowest BCUT2D eigenvalue weighted by molar-refractivity contribution is -0.188. The van der Waals surface area contributed by atoms with Gasteiger partial charge >= 0.3 is 29.8 Å². The van der Waals surface area contributed by atoms with Crippen molar-refractivity contribution in [3.05, 3.63) is 0 Å². The van der Waals surface area contributed by atoms with E-state index in [1.807, 2.05) is 20.8 Å². The maximum absolute atomic E-state index is 12.3. The Bertz CT molecular complexity index is 3070. The molecule has 0 amide bonds. The molecule has 39 atom stereocenters. The Kier molecular flexibility index (Phi) is 29.9. The molecule has 39 unspecified atom stereocenters. The highest BCUT2D eigenvalue weighted by atomic mass is 16.7. The molecule has 16 aliphatic rings. The highest BCUT2D eigenvalue weighted by Gasteiger charge is 2.68. The second kappa shape index (κ2) is 38.0. The summed E-state index contributed by atoms with van der Waals surface area (Å²) >= 11 is 0. The minimum Gasteiger partial charge on any atom is -0.469 e. The van der Waals surface area contributed by atoms with E-state index >= 15 is 0 Å². The number of aliphatic hydroxyl groups excluding tert-OH is 2. The fourth-order valence-corrected chi connectivity index (χ4v) is 25.1. The van der Waals surface area contributed by atoms with Crippen molar-refractivity contribution in [3.63, 3.8) is 0 Å². The topological polar surface area (TPSA) is 294 Å². The summed E-state index contributed by atoms with van der Waals surface area (Å²) in [4.78, 5) is 58.6. The summed E-state index contributed by atoms with van der Waals surface area (Å²) in [6.07, 6.45) is 23.7. The van der Waals surface area contributed by atoms with Crippen molar-refractivity contribution in [1.82, 2.24) is 0 Å². The number of fused-ring (bicyclic) bond motifs is 25. The lowest BCUT2D eigenvalue weighted by Crippen LogP contribution is -2.48. The fourth-order valence-electron chi connectivity index (χ4n) is 25.1. The molecular weight excluding hydrogens is 1440 g/mol. The molecule has 10 bridgehead atoms. The average Bonchev–Trinajstić information content (AvgIpc) is 1.55. The van der Waals surface area contributed by atoms with Gasteiger partial charge in [0.1, 0.15) is 5.60 Å². The number of hydrogen-bond donors (Lipinski definition) is 3. The molecule has 16 aliphatic heterocycles. The maximum Gasteiger partial charge on any atom is 0.308 e. The third kappa shape index (κ3) is 18.3. The lowest BCUT2D eigenvalue weighted by atomic mass is 9.66. The van der Waals surface area contributed by atoms with Gasteiger partial charge in [0.2, 0.25) is 6.29 Å². The quantitative estimate of drug-likeness (QED) is 0.0535. The van der Waals surface area contributed by atoms with Crippen molar-refractivity contribution in [2.45, 2.75) is 409 Å². The smallest absolute Gasteiger partial charge is 0.308 e. The summed E-state index contributed by atoms with van der Waals surface area (Å²) in [5.74, 6) is 4.53. The van der Waals surface area contributed by atoms with Gasteiger partial charge in [0, 0.05) is 83.9 Å². The van der Waals surface area contributed by atoms with Crippen LogP contribution in [0, 0.1) is 88.8 Å². The highest BCUT2D eigenvalue weighted by Crippen LogP contribution is 2.62. The van der Waals surface area contributed by atoms with Crippen molar-refractivity contribution in [2.75, 3.05) is 27.9 Å². The van der Waals surface area contributed by atoms with Crippen LogP contribution < -0.4 is 0 Å². The monoisotopic (exact) mass is 1590 g/mol. The molecular formula is C88H144O24. The van der Waals surface area contributed by atoms with E-state index in [9.17, 15) is 39.3 Å². The number of esters is 5. The molecule has 16 fully saturated rings. The van der Waals surface area contributed by atoms with E-state index in [1.165, 1.54) is 21.3 Å². The van der Waals surface area contributed by atoms with Crippen LogP contribution >= 0.6 is 0 Å².